The lowest BCUT2D eigenvalue weighted by molar-refractivity contribution is -0.131. The molecule has 20 heavy (non-hydrogen) atoms. The lowest BCUT2D eigenvalue weighted by atomic mass is 10.2. The van der Waals surface area contributed by atoms with E-state index in [4.69, 9.17) is 9.47 Å². The van der Waals surface area contributed by atoms with Gasteiger partial charge in [0.25, 0.3) is 0 Å². The number of esters is 2. The Hall–Kier alpha value is -2.62. The van der Waals surface area contributed by atoms with E-state index in [9.17, 15) is 9.59 Å². The largest absolute Gasteiger partial charge is 0.423 e. The zero-order chi connectivity index (χ0) is 14.5. The Labute approximate surface area is 117 Å². The predicted octanol–water partition coefficient (Wildman–Crippen LogP) is 2.96. The topological polar surface area (TPSA) is 52.6 Å². The predicted molar refractivity (Wildman–Crippen MR) is 74.4 cm³/mol. The third-order valence-corrected chi connectivity index (χ3v) is 2.63. The van der Waals surface area contributed by atoms with E-state index >= 15 is 0 Å². The average molecular weight is 270 g/mol. The van der Waals surface area contributed by atoms with Gasteiger partial charge in [-0.3, -0.25) is 0 Å². The van der Waals surface area contributed by atoms with Crippen LogP contribution in [0.2, 0.25) is 0 Å². The van der Waals surface area contributed by atoms with E-state index in [0.29, 0.717) is 29.1 Å². The Morgan fingerprint density at radius 1 is 1.10 bits per heavy atom. The van der Waals surface area contributed by atoms with Crippen LogP contribution in [0.3, 0.4) is 0 Å². The number of carbonyl (C=O) groups is 2. The zero-order valence-corrected chi connectivity index (χ0v) is 11.1. The van der Waals surface area contributed by atoms with Crippen LogP contribution in [0.15, 0.2) is 60.2 Å². The molecule has 4 heteroatoms. The first kappa shape index (κ1) is 13.8. The molecule has 0 fully saturated rings. The van der Waals surface area contributed by atoms with Crippen molar-refractivity contribution in [3.63, 3.8) is 0 Å². The number of allylic oxidation sites excluding steroid dienone is 3. The van der Waals surface area contributed by atoms with Gasteiger partial charge in [-0.15, -0.1) is 0 Å². The minimum atomic E-state index is -0.489. The van der Waals surface area contributed by atoms with Crippen LogP contribution in [-0.2, 0) is 9.59 Å². The van der Waals surface area contributed by atoms with Crippen molar-refractivity contribution < 1.29 is 19.1 Å². The molecule has 0 spiro atoms. The smallest absolute Gasteiger partial charge is 0.339 e. The van der Waals surface area contributed by atoms with Crippen LogP contribution in [0.25, 0.3) is 0 Å². The first-order valence-electron chi connectivity index (χ1n) is 6.12. The molecule has 4 nitrogen and oxygen atoms in total. The van der Waals surface area contributed by atoms with E-state index in [2.05, 4.69) is 6.58 Å². The van der Waals surface area contributed by atoms with Gasteiger partial charge in [0.2, 0.25) is 0 Å². The van der Waals surface area contributed by atoms with Crippen LogP contribution in [-0.4, -0.2) is 11.9 Å². The third-order valence-electron chi connectivity index (χ3n) is 2.63. The molecule has 1 aliphatic rings. The Bertz CT molecular complexity index is 606. The molecule has 0 saturated carbocycles. The first-order valence-corrected chi connectivity index (χ1v) is 6.12. The average Bonchev–Trinajstić information content (AvgIpc) is 2.95. The van der Waals surface area contributed by atoms with E-state index < -0.39 is 5.97 Å². The van der Waals surface area contributed by atoms with Crippen molar-refractivity contribution in [1.29, 1.82) is 0 Å². The van der Waals surface area contributed by atoms with Gasteiger partial charge in [0.1, 0.15) is 11.5 Å². The quantitative estimate of drug-likeness (QED) is 0.479. The minimum Gasteiger partial charge on any atom is -0.423 e. The fraction of sp³-hybridized carbons (Fsp3) is 0.125. The molecule has 0 aromatic heterocycles. The zero-order valence-electron chi connectivity index (χ0n) is 11.1. The number of ether oxygens (including phenoxy) is 2. The highest BCUT2D eigenvalue weighted by Crippen LogP contribution is 2.20. The SMILES string of the molecule is C=C(C)C(=O)Oc1ccc(OC(=O)C2=CC=CC2)cc1. The van der Waals surface area contributed by atoms with Gasteiger partial charge in [0.15, 0.2) is 0 Å². The van der Waals surface area contributed by atoms with E-state index in [0.717, 1.165) is 0 Å². The molecule has 0 heterocycles. The van der Waals surface area contributed by atoms with Crippen molar-refractivity contribution in [2.24, 2.45) is 0 Å². The monoisotopic (exact) mass is 270 g/mol. The molecule has 0 aliphatic heterocycles. The standard InChI is InChI=1S/C16H14O4/c1-11(2)15(17)19-13-7-9-14(10-8-13)20-16(18)12-5-3-4-6-12/h3-5,7-10H,1,6H2,2H3. The summed E-state index contributed by atoms with van der Waals surface area (Å²) in [7, 11) is 0. The summed E-state index contributed by atoms with van der Waals surface area (Å²) in [6.45, 7) is 5.07. The summed E-state index contributed by atoms with van der Waals surface area (Å²) in [6.07, 6.45) is 6.02. The fourth-order valence-electron chi connectivity index (χ4n) is 1.54. The summed E-state index contributed by atoms with van der Waals surface area (Å²) in [4.78, 5) is 23.1. The Morgan fingerprint density at radius 2 is 1.70 bits per heavy atom. The molecular weight excluding hydrogens is 256 g/mol. The minimum absolute atomic E-state index is 0.321. The molecule has 1 aromatic rings. The van der Waals surface area contributed by atoms with Crippen molar-refractivity contribution in [3.05, 3.63) is 60.2 Å². The maximum Gasteiger partial charge on any atom is 0.339 e. The third kappa shape index (κ3) is 3.45. The molecule has 0 atom stereocenters. The van der Waals surface area contributed by atoms with Crippen molar-refractivity contribution in [3.8, 4) is 11.5 Å². The highest BCUT2D eigenvalue weighted by atomic mass is 16.5. The number of benzene rings is 1. The highest BCUT2D eigenvalue weighted by molar-refractivity contribution is 5.91. The van der Waals surface area contributed by atoms with E-state index in [1.165, 1.54) is 0 Å². The Kier molecular flexibility index (Phi) is 4.15. The lowest BCUT2D eigenvalue weighted by Crippen LogP contribution is -2.10. The lowest BCUT2D eigenvalue weighted by Gasteiger charge is -2.06. The number of hydrogen-bond donors (Lipinski definition) is 0. The van der Waals surface area contributed by atoms with E-state index in [-0.39, 0.29) is 5.97 Å². The molecule has 0 unspecified atom stereocenters. The van der Waals surface area contributed by atoms with Gasteiger partial charge in [0.05, 0.1) is 0 Å². The summed E-state index contributed by atoms with van der Waals surface area (Å²) in [5.41, 5.74) is 0.934. The van der Waals surface area contributed by atoms with Crippen LogP contribution in [0.5, 0.6) is 11.5 Å². The van der Waals surface area contributed by atoms with Gasteiger partial charge in [0, 0.05) is 11.1 Å². The van der Waals surface area contributed by atoms with Crippen LogP contribution in [0.4, 0.5) is 0 Å². The van der Waals surface area contributed by atoms with Gasteiger partial charge in [-0.2, -0.15) is 0 Å². The molecule has 102 valence electrons. The summed E-state index contributed by atoms with van der Waals surface area (Å²) in [5.74, 6) is -0.0870. The van der Waals surface area contributed by atoms with Crippen molar-refractivity contribution in [2.75, 3.05) is 0 Å². The van der Waals surface area contributed by atoms with Gasteiger partial charge < -0.3 is 9.47 Å². The molecule has 1 aliphatic carbocycles. The van der Waals surface area contributed by atoms with Crippen LogP contribution < -0.4 is 9.47 Å². The molecule has 0 saturated heterocycles. The van der Waals surface area contributed by atoms with Crippen molar-refractivity contribution >= 4 is 11.9 Å². The molecule has 0 N–H and O–H groups in total. The maximum absolute atomic E-state index is 11.7. The van der Waals surface area contributed by atoms with E-state index in [1.54, 1.807) is 37.3 Å². The molecule has 0 radical (unpaired) electrons. The van der Waals surface area contributed by atoms with E-state index in [1.807, 2.05) is 12.2 Å². The van der Waals surface area contributed by atoms with Crippen LogP contribution in [0.1, 0.15) is 13.3 Å². The Balaban J connectivity index is 1.96. The second-order valence-corrected chi connectivity index (χ2v) is 4.35. The molecule has 0 amide bonds. The highest BCUT2D eigenvalue weighted by Gasteiger charge is 2.13. The summed E-state index contributed by atoms with van der Waals surface area (Å²) < 4.78 is 10.2. The number of hydrogen-bond acceptors (Lipinski definition) is 4. The summed E-state index contributed by atoms with van der Waals surface area (Å²) >= 11 is 0. The van der Waals surface area contributed by atoms with Gasteiger partial charge in [-0.05, 0) is 37.6 Å². The second-order valence-electron chi connectivity index (χ2n) is 4.35. The number of carbonyl (C=O) groups excluding carboxylic acids is 2. The first-order chi connectivity index (χ1) is 9.56. The number of rotatable bonds is 4. The Morgan fingerprint density at radius 3 is 2.20 bits per heavy atom. The van der Waals surface area contributed by atoms with Crippen LogP contribution >= 0.6 is 0 Å². The molecule has 1 aromatic carbocycles. The van der Waals surface area contributed by atoms with Gasteiger partial charge in [-0.1, -0.05) is 24.8 Å². The van der Waals surface area contributed by atoms with Crippen LogP contribution in [0, 0.1) is 0 Å². The maximum atomic E-state index is 11.7. The van der Waals surface area contributed by atoms with Gasteiger partial charge in [-0.25, -0.2) is 9.59 Å². The fourth-order valence-corrected chi connectivity index (χ4v) is 1.54. The second kappa shape index (κ2) is 6.02. The van der Waals surface area contributed by atoms with Gasteiger partial charge >= 0.3 is 11.9 Å². The summed E-state index contributed by atoms with van der Waals surface area (Å²) in [6, 6.07) is 6.26. The molecule has 0 bridgehead atoms. The summed E-state index contributed by atoms with van der Waals surface area (Å²) in [5, 5.41) is 0. The normalized spacial score (nSPS) is 12.8. The molecule has 2 rings (SSSR count). The van der Waals surface area contributed by atoms with Crippen molar-refractivity contribution in [2.45, 2.75) is 13.3 Å². The molecular formula is C16H14O4. The van der Waals surface area contributed by atoms with Crippen molar-refractivity contribution in [1.82, 2.24) is 0 Å².